The number of halogens is 3. The molecule has 0 fully saturated rings. The van der Waals surface area contributed by atoms with Crippen LogP contribution in [0.3, 0.4) is 0 Å². The van der Waals surface area contributed by atoms with Crippen molar-refractivity contribution in [1.29, 1.82) is 0 Å². The van der Waals surface area contributed by atoms with E-state index in [9.17, 15) is 18.0 Å². The summed E-state index contributed by atoms with van der Waals surface area (Å²) in [6, 6.07) is 0. The zero-order valence-electron chi connectivity index (χ0n) is 7.95. The van der Waals surface area contributed by atoms with Crippen LogP contribution in [0.1, 0.15) is 39.5 Å². The summed E-state index contributed by atoms with van der Waals surface area (Å²) >= 11 is 0. The van der Waals surface area contributed by atoms with Gasteiger partial charge in [0.1, 0.15) is 5.78 Å². The van der Waals surface area contributed by atoms with Gasteiger partial charge in [-0.3, -0.25) is 4.79 Å². The predicted octanol–water partition coefficient (Wildman–Crippen LogP) is 3.33. The lowest BCUT2D eigenvalue weighted by Crippen LogP contribution is -2.12. The number of carbonyl (C=O) groups is 1. The molecule has 0 aromatic carbocycles. The van der Waals surface area contributed by atoms with Crippen LogP contribution in [0.25, 0.3) is 0 Å². The smallest absolute Gasteiger partial charge is 0.300 e. The lowest BCUT2D eigenvalue weighted by atomic mass is 10.00. The van der Waals surface area contributed by atoms with Crippen molar-refractivity contribution in [1.82, 2.24) is 0 Å². The van der Waals surface area contributed by atoms with E-state index >= 15 is 0 Å². The molecule has 0 spiro atoms. The number of carbonyl (C=O) groups excluding carboxylic acids is 1. The topological polar surface area (TPSA) is 17.1 Å². The molecule has 0 aliphatic rings. The van der Waals surface area contributed by atoms with Gasteiger partial charge in [0, 0.05) is 12.8 Å². The summed E-state index contributed by atoms with van der Waals surface area (Å²) in [5.41, 5.74) is 0. The van der Waals surface area contributed by atoms with Crippen LogP contribution >= 0.6 is 0 Å². The number of hydrogen-bond acceptors (Lipinski definition) is 1. The Morgan fingerprint density at radius 3 is 2.31 bits per heavy atom. The van der Waals surface area contributed by atoms with Gasteiger partial charge in [-0.05, 0) is 5.92 Å². The van der Waals surface area contributed by atoms with Gasteiger partial charge < -0.3 is 0 Å². The molecule has 0 radical (unpaired) electrons. The van der Waals surface area contributed by atoms with E-state index in [4.69, 9.17) is 0 Å². The zero-order valence-corrected chi connectivity index (χ0v) is 7.95. The van der Waals surface area contributed by atoms with Gasteiger partial charge in [-0.25, -0.2) is 0 Å². The van der Waals surface area contributed by atoms with E-state index in [2.05, 4.69) is 0 Å². The second-order valence-electron chi connectivity index (χ2n) is 3.37. The van der Waals surface area contributed by atoms with Crippen molar-refractivity contribution in [3.63, 3.8) is 0 Å². The first-order valence-corrected chi connectivity index (χ1v) is 4.43. The Bertz CT molecular complexity index is 163. The van der Waals surface area contributed by atoms with Crippen LogP contribution in [0.15, 0.2) is 0 Å². The van der Waals surface area contributed by atoms with Crippen LogP contribution in [0.5, 0.6) is 0 Å². The average Bonchev–Trinajstić information content (AvgIpc) is 1.99. The maximum absolute atomic E-state index is 11.7. The Balaban J connectivity index is 3.64. The van der Waals surface area contributed by atoms with Gasteiger partial charge in [0.15, 0.2) is 0 Å². The van der Waals surface area contributed by atoms with E-state index in [1.165, 1.54) is 0 Å². The maximum atomic E-state index is 11.7. The third-order valence-electron chi connectivity index (χ3n) is 1.96. The van der Waals surface area contributed by atoms with Crippen LogP contribution in [0.2, 0.25) is 0 Å². The highest BCUT2D eigenvalue weighted by Gasteiger charge is 2.27. The fourth-order valence-corrected chi connectivity index (χ4v) is 0.916. The van der Waals surface area contributed by atoms with E-state index in [1.807, 2.05) is 13.8 Å². The molecule has 0 aromatic rings. The van der Waals surface area contributed by atoms with Crippen molar-refractivity contribution in [2.75, 3.05) is 0 Å². The number of Topliss-reactive ketones (excluding diaryl/α,β-unsaturated/α-hetero) is 1. The fourth-order valence-electron chi connectivity index (χ4n) is 0.916. The van der Waals surface area contributed by atoms with Crippen molar-refractivity contribution >= 4 is 5.78 Å². The quantitative estimate of drug-likeness (QED) is 0.659. The average molecular weight is 196 g/mol. The molecule has 1 nitrogen and oxygen atoms in total. The minimum Gasteiger partial charge on any atom is -0.300 e. The van der Waals surface area contributed by atoms with Crippen molar-refractivity contribution in [2.24, 2.45) is 5.92 Å². The Labute approximate surface area is 76.3 Å². The van der Waals surface area contributed by atoms with Gasteiger partial charge in [-0.1, -0.05) is 20.3 Å². The first kappa shape index (κ1) is 12.5. The monoisotopic (exact) mass is 196 g/mol. The van der Waals surface area contributed by atoms with E-state index in [0.29, 0.717) is 0 Å². The lowest BCUT2D eigenvalue weighted by molar-refractivity contribution is -0.143. The first-order valence-electron chi connectivity index (χ1n) is 4.43. The number of hydrogen-bond donors (Lipinski definition) is 0. The summed E-state index contributed by atoms with van der Waals surface area (Å²) in [5, 5.41) is 0. The Morgan fingerprint density at radius 2 is 1.92 bits per heavy atom. The normalized spacial score (nSPS) is 14.2. The lowest BCUT2D eigenvalue weighted by Gasteiger charge is -2.08. The minimum absolute atomic E-state index is 0.195. The molecule has 0 aliphatic carbocycles. The van der Waals surface area contributed by atoms with Crippen molar-refractivity contribution in [3.05, 3.63) is 0 Å². The second-order valence-corrected chi connectivity index (χ2v) is 3.37. The molecule has 0 saturated carbocycles. The van der Waals surface area contributed by atoms with Gasteiger partial charge in [0.2, 0.25) is 0 Å². The first-order chi connectivity index (χ1) is 5.85. The highest BCUT2D eigenvalue weighted by atomic mass is 19.4. The maximum Gasteiger partial charge on any atom is 0.389 e. The van der Waals surface area contributed by atoms with E-state index in [1.54, 1.807) is 0 Å². The van der Waals surface area contributed by atoms with Gasteiger partial charge in [0.05, 0.1) is 6.42 Å². The van der Waals surface area contributed by atoms with Crippen LogP contribution < -0.4 is 0 Å². The fraction of sp³-hybridized carbons (Fsp3) is 0.889. The molecular weight excluding hydrogens is 181 g/mol. The summed E-state index contributed by atoms with van der Waals surface area (Å²) in [4.78, 5) is 11.0. The minimum atomic E-state index is -4.20. The molecule has 0 saturated heterocycles. The van der Waals surface area contributed by atoms with E-state index < -0.39 is 12.6 Å². The summed E-state index contributed by atoms with van der Waals surface area (Å²) in [7, 11) is 0. The predicted molar refractivity (Wildman–Crippen MR) is 44.4 cm³/mol. The van der Waals surface area contributed by atoms with Gasteiger partial charge >= 0.3 is 6.18 Å². The highest BCUT2D eigenvalue weighted by molar-refractivity contribution is 5.78. The van der Waals surface area contributed by atoms with Crippen molar-refractivity contribution < 1.29 is 18.0 Å². The van der Waals surface area contributed by atoms with Crippen molar-refractivity contribution in [2.45, 2.75) is 45.7 Å². The third-order valence-corrected chi connectivity index (χ3v) is 1.96. The zero-order chi connectivity index (χ0) is 10.5. The number of alkyl halides is 3. The van der Waals surface area contributed by atoms with Gasteiger partial charge in [-0.15, -0.1) is 0 Å². The third kappa shape index (κ3) is 7.81. The van der Waals surface area contributed by atoms with E-state index in [-0.39, 0.29) is 24.5 Å². The van der Waals surface area contributed by atoms with Crippen LogP contribution in [0.4, 0.5) is 13.2 Å². The number of rotatable bonds is 5. The molecule has 4 heteroatoms. The summed E-state index contributed by atoms with van der Waals surface area (Å²) in [6.07, 6.45) is -4.45. The molecule has 0 N–H and O–H groups in total. The standard InChI is InChI=1S/C9H15F3O/c1-3-7(2)6-8(13)4-5-9(10,11)12/h7H,3-6H2,1-2H3. The van der Waals surface area contributed by atoms with Gasteiger partial charge in [0.25, 0.3) is 0 Å². The largest absolute Gasteiger partial charge is 0.389 e. The Hall–Kier alpha value is -0.540. The molecule has 0 amide bonds. The van der Waals surface area contributed by atoms with Crippen LogP contribution in [-0.4, -0.2) is 12.0 Å². The summed E-state index contributed by atoms with van der Waals surface area (Å²) in [5.74, 6) is -0.0904. The molecule has 13 heavy (non-hydrogen) atoms. The van der Waals surface area contributed by atoms with Crippen molar-refractivity contribution in [3.8, 4) is 0 Å². The molecule has 0 heterocycles. The van der Waals surface area contributed by atoms with E-state index in [0.717, 1.165) is 6.42 Å². The second kappa shape index (κ2) is 5.25. The molecule has 1 atom stereocenters. The molecule has 0 aliphatic heterocycles. The highest BCUT2D eigenvalue weighted by Crippen LogP contribution is 2.22. The van der Waals surface area contributed by atoms with Crippen LogP contribution in [0, 0.1) is 5.92 Å². The van der Waals surface area contributed by atoms with Crippen LogP contribution in [-0.2, 0) is 4.79 Å². The molecule has 0 rings (SSSR count). The molecule has 1 unspecified atom stereocenters. The molecule has 0 aromatic heterocycles. The summed E-state index contributed by atoms with van der Waals surface area (Å²) in [6.45, 7) is 3.78. The summed E-state index contributed by atoms with van der Waals surface area (Å²) < 4.78 is 35.0. The number of ketones is 1. The molecular formula is C9H15F3O. The van der Waals surface area contributed by atoms with Gasteiger partial charge in [-0.2, -0.15) is 13.2 Å². The Kier molecular flexibility index (Phi) is 5.03. The molecule has 0 bridgehead atoms. The molecule has 78 valence electrons. The SMILES string of the molecule is CCC(C)CC(=O)CCC(F)(F)F. The Morgan fingerprint density at radius 1 is 1.38 bits per heavy atom.